The first kappa shape index (κ1) is 15.7. The lowest BCUT2D eigenvalue weighted by molar-refractivity contribution is -0.127. The zero-order valence-corrected chi connectivity index (χ0v) is 13.2. The van der Waals surface area contributed by atoms with Crippen LogP contribution in [0, 0.1) is 5.82 Å². The van der Waals surface area contributed by atoms with Crippen molar-refractivity contribution in [2.45, 2.75) is 25.4 Å². The van der Waals surface area contributed by atoms with Gasteiger partial charge in [-0.25, -0.2) is 4.39 Å². The standard InChI is InChI=1S/C18H16ClFN2O/c19-16-5-3-6-17(20)15(16)12-22(14-8-9-14)18(23)10-7-13-4-1-2-11-21-13/h1-7,10-11,14H,8-9,12H2/b10-7+. The van der Waals surface area contributed by atoms with Gasteiger partial charge >= 0.3 is 0 Å². The number of hydrogen-bond acceptors (Lipinski definition) is 2. The monoisotopic (exact) mass is 330 g/mol. The average Bonchev–Trinajstić information content (AvgIpc) is 3.38. The molecule has 0 N–H and O–H groups in total. The molecule has 0 aliphatic heterocycles. The lowest BCUT2D eigenvalue weighted by Crippen LogP contribution is -2.31. The van der Waals surface area contributed by atoms with Crippen LogP contribution in [0.1, 0.15) is 24.1 Å². The maximum Gasteiger partial charge on any atom is 0.247 e. The molecule has 3 nitrogen and oxygen atoms in total. The Bertz CT molecular complexity index is 709. The third-order valence-corrected chi connectivity index (χ3v) is 4.10. The smallest absolute Gasteiger partial charge is 0.247 e. The molecule has 1 heterocycles. The summed E-state index contributed by atoms with van der Waals surface area (Å²) in [4.78, 5) is 18.3. The minimum atomic E-state index is -0.385. The fraction of sp³-hybridized carbons (Fsp3) is 0.222. The van der Waals surface area contributed by atoms with E-state index >= 15 is 0 Å². The number of nitrogens with zero attached hydrogens (tertiary/aromatic N) is 2. The zero-order chi connectivity index (χ0) is 16.2. The second-order valence-electron chi connectivity index (χ2n) is 5.49. The van der Waals surface area contributed by atoms with Crippen LogP contribution in [-0.4, -0.2) is 21.8 Å². The van der Waals surface area contributed by atoms with Crippen molar-refractivity contribution in [1.29, 1.82) is 0 Å². The molecule has 1 aromatic heterocycles. The maximum absolute atomic E-state index is 14.0. The van der Waals surface area contributed by atoms with Gasteiger partial charge in [0.25, 0.3) is 0 Å². The molecule has 1 aromatic carbocycles. The molecule has 5 heteroatoms. The molecule has 0 saturated heterocycles. The molecule has 23 heavy (non-hydrogen) atoms. The Morgan fingerprint density at radius 3 is 2.78 bits per heavy atom. The highest BCUT2D eigenvalue weighted by molar-refractivity contribution is 6.31. The first-order valence-corrected chi connectivity index (χ1v) is 7.85. The molecule has 1 fully saturated rings. The van der Waals surface area contributed by atoms with Crippen molar-refractivity contribution >= 4 is 23.6 Å². The van der Waals surface area contributed by atoms with Crippen molar-refractivity contribution < 1.29 is 9.18 Å². The SMILES string of the molecule is O=C(/C=C/c1ccccn1)N(Cc1c(F)cccc1Cl)C1CC1. The minimum absolute atomic E-state index is 0.155. The molecule has 3 rings (SSSR count). The Morgan fingerprint density at radius 1 is 1.30 bits per heavy atom. The summed E-state index contributed by atoms with van der Waals surface area (Å²) >= 11 is 6.07. The van der Waals surface area contributed by atoms with E-state index in [-0.39, 0.29) is 24.3 Å². The Balaban J connectivity index is 1.77. The number of aromatic nitrogens is 1. The van der Waals surface area contributed by atoms with Crippen molar-refractivity contribution in [3.8, 4) is 0 Å². The van der Waals surface area contributed by atoms with E-state index in [1.165, 1.54) is 12.1 Å². The maximum atomic E-state index is 14.0. The van der Waals surface area contributed by atoms with Crippen molar-refractivity contribution in [1.82, 2.24) is 9.88 Å². The van der Waals surface area contributed by atoms with Crippen molar-refractivity contribution in [3.05, 3.63) is 70.8 Å². The van der Waals surface area contributed by atoms with Crippen molar-refractivity contribution in [3.63, 3.8) is 0 Å². The third-order valence-electron chi connectivity index (χ3n) is 3.75. The number of benzene rings is 1. The molecule has 0 spiro atoms. The molecular formula is C18H16ClFN2O. The van der Waals surface area contributed by atoms with Gasteiger partial charge in [0.05, 0.1) is 12.2 Å². The van der Waals surface area contributed by atoms with Gasteiger partial charge in [-0.05, 0) is 43.2 Å². The Hall–Kier alpha value is -2.20. The molecule has 118 valence electrons. The van der Waals surface area contributed by atoms with E-state index in [4.69, 9.17) is 11.6 Å². The zero-order valence-electron chi connectivity index (χ0n) is 12.5. The largest absolute Gasteiger partial charge is 0.332 e. The summed E-state index contributed by atoms with van der Waals surface area (Å²) < 4.78 is 14.0. The van der Waals surface area contributed by atoms with Crippen LogP contribution >= 0.6 is 11.6 Å². The number of hydrogen-bond donors (Lipinski definition) is 0. The number of pyridine rings is 1. The number of carbonyl (C=O) groups is 1. The van der Waals surface area contributed by atoms with Crippen LogP contribution in [-0.2, 0) is 11.3 Å². The number of amides is 1. The highest BCUT2D eigenvalue weighted by Gasteiger charge is 2.32. The van der Waals surface area contributed by atoms with Crippen LogP contribution in [0.3, 0.4) is 0 Å². The van der Waals surface area contributed by atoms with E-state index in [2.05, 4.69) is 4.98 Å². The Morgan fingerprint density at radius 2 is 2.13 bits per heavy atom. The van der Waals surface area contributed by atoms with Gasteiger partial charge in [0, 0.05) is 28.9 Å². The molecule has 1 aliphatic rings. The second-order valence-corrected chi connectivity index (χ2v) is 5.89. The van der Waals surface area contributed by atoms with Crippen LogP contribution in [0.15, 0.2) is 48.7 Å². The topological polar surface area (TPSA) is 33.2 Å². The van der Waals surface area contributed by atoms with E-state index in [0.29, 0.717) is 16.3 Å². The van der Waals surface area contributed by atoms with Gasteiger partial charge in [-0.3, -0.25) is 9.78 Å². The summed E-state index contributed by atoms with van der Waals surface area (Å²) in [7, 11) is 0. The van der Waals surface area contributed by atoms with E-state index < -0.39 is 0 Å². The van der Waals surface area contributed by atoms with Crippen molar-refractivity contribution in [2.24, 2.45) is 0 Å². The predicted octanol–water partition coefficient (Wildman–Crippen LogP) is 4.08. The molecule has 0 radical (unpaired) electrons. The third kappa shape index (κ3) is 3.96. The Kier molecular flexibility index (Phi) is 4.72. The van der Waals surface area contributed by atoms with Crippen LogP contribution in [0.25, 0.3) is 6.08 Å². The van der Waals surface area contributed by atoms with Gasteiger partial charge in [-0.1, -0.05) is 23.7 Å². The molecular weight excluding hydrogens is 315 g/mol. The number of halogens is 2. The lowest BCUT2D eigenvalue weighted by atomic mass is 10.2. The van der Waals surface area contributed by atoms with Crippen molar-refractivity contribution in [2.75, 3.05) is 0 Å². The first-order chi connectivity index (χ1) is 11.1. The summed E-state index contributed by atoms with van der Waals surface area (Å²) in [6.45, 7) is 0.182. The summed E-state index contributed by atoms with van der Waals surface area (Å²) in [5.74, 6) is -0.540. The van der Waals surface area contributed by atoms with Crippen LogP contribution in [0.5, 0.6) is 0 Å². The highest BCUT2D eigenvalue weighted by Crippen LogP contribution is 2.31. The summed E-state index contributed by atoms with van der Waals surface area (Å²) in [6, 6.07) is 10.2. The number of carbonyl (C=O) groups excluding carboxylic acids is 1. The van der Waals surface area contributed by atoms with Crippen LogP contribution < -0.4 is 0 Å². The highest BCUT2D eigenvalue weighted by atomic mass is 35.5. The summed E-state index contributed by atoms with van der Waals surface area (Å²) in [5, 5.41) is 0.345. The van der Waals surface area contributed by atoms with Gasteiger partial charge in [0.15, 0.2) is 0 Å². The van der Waals surface area contributed by atoms with Gasteiger partial charge < -0.3 is 4.90 Å². The normalized spacial score (nSPS) is 14.2. The molecule has 1 amide bonds. The van der Waals surface area contributed by atoms with E-state index in [1.54, 1.807) is 29.3 Å². The minimum Gasteiger partial charge on any atom is -0.332 e. The first-order valence-electron chi connectivity index (χ1n) is 7.48. The molecule has 2 aromatic rings. The van der Waals surface area contributed by atoms with E-state index in [9.17, 15) is 9.18 Å². The molecule has 1 saturated carbocycles. The summed E-state index contributed by atoms with van der Waals surface area (Å²) in [5.41, 5.74) is 1.07. The summed E-state index contributed by atoms with van der Waals surface area (Å²) in [6.07, 6.45) is 6.70. The molecule has 0 atom stereocenters. The lowest BCUT2D eigenvalue weighted by Gasteiger charge is -2.22. The van der Waals surface area contributed by atoms with Gasteiger partial charge in [0.1, 0.15) is 5.82 Å². The quantitative estimate of drug-likeness (QED) is 0.774. The van der Waals surface area contributed by atoms with Gasteiger partial charge in [-0.15, -0.1) is 0 Å². The molecule has 0 unspecified atom stereocenters. The van der Waals surface area contributed by atoms with E-state index in [0.717, 1.165) is 12.8 Å². The average molecular weight is 331 g/mol. The molecule has 0 bridgehead atoms. The molecule has 1 aliphatic carbocycles. The van der Waals surface area contributed by atoms with Crippen LogP contribution in [0.2, 0.25) is 5.02 Å². The van der Waals surface area contributed by atoms with E-state index in [1.807, 2.05) is 18.2 Å². The predicted molar refractivity (Wildman–Crippen MR) is 88.3 cm³/mol. The second kappa shape index (κ2) is 6.92. The number of rotatable bonds is 5. The van der Waals surface area contributed by atoms with Crippen LogP contribution in [0.4, 0.5) is 4.39 Å². The van der Waals surface area contributed by atoms with Gasteiger partial charge in [0.2, 0.25) is 5.91 Å². The Labute approximate surface area is 139 Å². The van der Waals surface area contributed by atoms with Gasteiger partial charge in [-0.2, -0.15) is 0 Å². The fourth-order valence-corrected chi connectivity index (χ4v) is 2.58. The fourth-order valence-electron chi connectivity index (χ4n) is 2.35.